The van der Waals surface area contributed by atoms with E-state index in [2.05, 4.69) is 56.1 Å². The fourth-order valence-electron chi connectivity index (χ4n) is 5.66. The third kappa shape index (κ3) is 6.97. The molecule has 1 aliphatic heterocycles. The van der Waals surface area contributed by atoms with Crippen molar-refractivity contribution in [3.8, 4) is 34.0 Å². The molecule has 5 rings (SSSR count). The number of halogens is 2. The maximum atomic E-state index is 13.9. The number of nitrogens with zero attached hydrogens (tertiary/aromatic N) is 4. The number of fused-ring (bicyclic) bond motifs is 5. The largest absolute Gasteiger partial charge is 0.497 e. The van der Waals surface area contributed by atoms with E-state index in [0.717, 1.165) is 67.0 Å². The highest BCUT2D eigenvalue weighted by Gasteiger charge is 2.30. The molecule has 0 saturated carbocycles. The highest BCUT2D eigenvalue weighted by Crippen LogP contribution is 2.43. The minimum absolute atomic E-state index is 0.134. The molecule has 220 valence electrons. The summed E-state index contributed by atoms with van der Waals surface area (Å²) in [5.74, 6) is 0.914. The molecular formula is C34H38Br2N4O2. The summed E-state index contributed by atoms with van der Waals surface area (Å²) in [7, 11) is 1.66. The highest BCUT2D eigenvalue weighted by atomic mass is 79.9. The van der Waals surface area contributed by atoms with Gasteiger partial charge in [-0.2, -0.15) is 0 Å². The summed E-state index contributed by atoms with van der Waals surface area (Å²) < 4.78 is 9.13. The topological polar surface area (TPSA) is 60.2 Å². The summed E-state index contributed by atoms with van der Waals surface area (Å²) in [5.41, 5.74) is 6.31. The van der Waals surface area contributed by atoms with Gasteiger partial charge in [-0.25, -0.2) is 4.68 Å². The van der Waals surface area contributed by atoms with E-state index < -0.39 is 0 Å². The molecular weight excluding hydrogens is 656 g/mol. The Morgan fingerprint density at radius 2 is 1.48 bits per heavy atom. The van der Waals surface area contributed by atoms with Crippen molar-refractivity contribution in [2.24, 2.45) is 0 Å². The lowest BCUT2D eigenvalue weighted by molar-refractivity contribution is -0.118. The Morgan fingerprint density at radius 1 is 0.833 bits per heavy atom. The third-order valence-corrected chi connectivity index (χ3v) is 8.93. The first kappa shape index (κ1) is 30.5. The summed E-state index contributed by atoms with van der Waals surface area (Å²) >= 11 is 7.32. The summed E-state index contributed by atoms with van der Waals surface area (Å²) in [6.07, 6.45) is 11.5. The Labute approximate surface area is 265 Å². The Hall–Kier alpha value is -2.97. The van der Waals surface area contributed by atoms with E-state index in [1.165, 1.54) is 44.9 Å². The predicted molar refractivity (Wildman–Crippen MR) is 177 cm³/mol. The van der Waals surface area contributed by atoms with Crippen molar-refractivity contribution in [2.45, 2.75) is 77.7 Å². The predicted octanol–water partition coefficient (Wildman–Crippen LogP) is 9.90. The monoisotopic (exact) mass is 692 g/mol. The van der Waals surface area contributed by atoms with Crippen LogP contribution in [0.25, 0.3) is 28.2 Å². The fourth-order valence-corrected chi connectivity index (χ4v) is 6.42. The zero-order chi connectivity index (χ0) is 29.5. The van der Waals surface area contributed by atoms with Gasteiger partial charge in [0.15, 0.2) is 0 Å². The lowest BCUT2D eigenvalue weighted by atomic mass is 9.95. The van der Waals surface area contributed by atoms with E-state index in [4.69, 9.17) is 9.84 Å². The van der Waals surface area contributed by atoms with Crippen LogP contribution in [0.15, 0.2) is 69.6 Å². The molecule has 0 spiro atoms. The van der Waals surface area contributed by atoms with Crippen LogP contribution in [0.1, 0.15) is 76.7 Å². The molecule has 0 bridgehead atoms. The molecule has 0 fully saturated rings. The van der Waals surface area contributed by atoms with Crippen LogP contribution in [0.5, 0.6) is 5.75 Å². The van der Waals surface area contributed by atoms with Crippen molar-refractivity contribution in [1.82, 2.24) is 15.0 Å². The van der Waals surface area contributed by atoms with Gasteiger partial charge < -0.3 is 9.64 Å². The number of aromatic nitrogens is 3. The van der Waals surface area contributed by atoms with E-state index in [-0.39, 0.29) is 5.91 Å². The molecule has 0 radical (unpaired) electrons. The van der Waals surface area contributed by atoms with Gasteiger partial charge in [-0.3, -0.25) is 4.79 Å². The van der Waals surface area contributed by atoms with Gasteiger partial charge in [0.05, 0.1) is 25.0 Å². The van der Waals surface area contributed by atoms with E-state index >= 15 is 0 Å². The zero-order valence-corrected chi connectivity index (χ0v) is 27.6. The number of unbranched alkanes of at least 4 members (excludes halogenated alkanes) is 8. The average Bonchev–Trinajstić information content (AvgIpc) is 3.42. The third-order valence-electron chi connectivity index (χ3n) is 7.94. The standard InChI is InChI=1S/C34H38Br2N4O2/c1-3-4-5-6-7-8-9-10-11-12-32(41)39-23-24-21-25(35)13-19-29(24)34-33(30-20-14-26(36)22-31(30)39)37-38-40(34)27-15-17-28(42-2)18-16-27/h13-22H,3-12,23H2,1-2H3. The first-order valence-electron chi connectivity index (χ1n) is 15.0. The van der Waals surface area contributed by atoms with Crippen LogP contribution < -0.4 is 9.64 Å². The van der Waals surface area contributed by atoms with Gasteiger partial charge in [0.2, 0.25) is 5.91 Å². The second-order valence-electron chi connectivity index (χ2n) is 10.9. The molecule has 42 heavy (non-hydrogen) atoms. The Bertz CT molecular complexity index is 1520. The number of anilines is 1. The van der Waals surface area contributed by atoms with Crippen LogP contribution in [0.3, 0.4) is 0 Å². The molecule has 1 amide bonds. The van der Waals surface area contributed by atoms with Crippen molar-refractivity contribution in [3.63, 3.8) is 0 Å². The maximum Gasteiger partial charge on any atom is 0.227 e. The smallest absolute Gasteiger partial charge is 0.227 e. The summed E-state index contributed by atoms with van der Waals surface area (Å²) in [6, 6.07) is 20.1. The van der Waals surface area contributed by atoms with Gasteiger partial charge in [-0.15, -0.1) is 5.10 Å². The van der Waals surface area contributed by atoms with Crippen molar-refractivity contribution in [3.05, 3.63) is 75.2 Å². The van der Waals surface area contributed by atoms with Gasteiger partial charge in [0.25, 0.3) is 0 Å². The minimum Gasteiger partial charge on any atom is -0.497 e. The second-order valence-corrected chi connectivity index (χ2v) is 12.7. The molecule has 6 nitrogen and oxygen atoms in total. The van der Waals surface area contributed by atoms with Crippen LogP contribution in [-0.2, 0) is 11.3 Å². The van der Waals surface area contributed by atoms with Gasteiger partial charge in [-0.1, -0.05) is 101 Å². The second kappa shape index (κ2) is 14.5. The SMILES string of the molecule is CCCCCCCCCCCC(=O)N1Cc2cc(Br)ccc2-c2c(nnn2-c2ccc(OC)cc2)-c2ccc(Br)cc21. The molecule has 8 heteroatoms. The van der Waals surface area contributed by atoms with Crippen LogP contribution in [0.2, 0.25) is 0 Å². The maximum absolute atomic E-state index is 13.9. The number of rotatable bonds is 12. The normalized spacial score (nSPS) is 12.2. The molecule has 4 aromatic rings. The molecule has 3 aromatic carbocycles. The minimum atomic E-state index is 0.134. The van der Waals surface area contributed by atoms with Crippen molar-refractivity contribution >= 4 is 43.5 Å². The van der Waals surface area contributed by atoms with Crippen LogP contribution in [0.4, 0.5) is 5.69 Å². The molecule has 0 aliphatic carbocycles. The van der Waals surface area contributed by atoms with E-state index in [1.807, 2.05) is 58.1 Å². The van der Waals surface area contributed by atoms with E-state index in [1.54, 1.807) is 7.11 Å². The number of hydrogen-bond donors (Lipinski definition) is 0. The van der Waals surface area contributed by atoms with Crippen LogP contribution >= 0.6 is 31.9 Å². The lowest BCUT2D eigenvalue weighted by Gasteiger charge is -2.29. The van der Waals surface area contributed by atoms with Gasteiger partial charge in [0, 0.05) is 26.5 Å². The molecule has 1 aromatic heterocycles. The van der Waals surface area contributed by atoms with E-state index in [0.29, 0.717) is 13.0 Å². The van der Waals surface area contributed by atoms with Crippen molar-refractivity contribution in [1.29, 1.82) is 0 Å². The molecule has 0 N–H and O–H groups in total. The van der Waals surface area contributed by atoms with Gasteiger partial charge in [-0.05, 0) is 66.6 Å². The van der Waals surface area contributed by atoms with Gasteiger partial charge >= 0.3 is 0 Å². The van der Waals surface area contributed by atoms with Crippen LogP contribution in [-0.4, -0.2) is 28.0 Å². The number of benzene rings is 3. The van der Waals surface area contributed by atoms with Crippen molar-refractivity contribution < 1.29 is 9.53 Å². The number of ether oxygens (including phenoxy) is 1. The Balaban J connectivity index is 1.46. The molecule has 0 atom stereocenters. The quantitative estimate of drug-likeness (QED) is 0.139. The summed E-state index contributed by atoms with van der Waals surface area (Å²) in [6.45, 7) is 2.71. The number of methoxy groups -OCH3 is 1. The summed E-state index contributed by atoms with van der Waals surface area (Å²) in [5, 5.41) is 9.32. The first-order valence-corrected chi connectivity index (χ1v) is 16.6. The van der Waals surface area contributed by atoms with Crippen LogP contribution in [0, 0.1) is 0 Å². The Kier molecular flexibility index (Phi) is 10.5. The molecule has 2 heterocycles. The molecule has 0 unspecified atom stereocenters. The zero-order valence-electron chi connectivity index (χ0n) is 24.4. The number of amides is 1. The molecule has 0 saturated heterocycles. The number of hydrogen-bond acceptors (Lipinski definition) is 4. The van der Waals surface area contributed by atoms with E-state index in [9.17, 15) is 4.79 Å². The fraction of sp³-hybridized carbons (Fsp3) is 0.382. The van der Waals surface area contributed by atoms with Gasteiger partial charge in [0.1, 0.15) is 17.1 Å². The average molecular weight is 695 g/mol. The lowest BCUT2D eigenvalue weighted by Crippen LogP contribution is -2.31. The molecule has 1 aliphatic rings. The van der Waals surface area contributed by atoms with Crippen molar-refractivity contribution in [2.75, 3.05) is 12.0 Å². The summed E-state index contributed by atoms with van der Waals surface area (Å²) in [4.78, 5) is 15.8. The number of carbonyl (C=O) groups excluding carboxylic acids is 1. The first-order chi connectivity index (χ1) is 20.5. The highest BCUT2D eigenvalue weighted by molar-refractivity contribution is 9.10. The Morgan fingerprint density at radius 3 is 2.17 bits per heavy atom. The number of carbonyl (C=O) groups is 1.